The third-order valence-electron chi connectivity index (χ3n) is 4.87. The number of nitrogens with zero attached hydrogens (tertiary/aromatic N) is 2. The molecule has 5 nitrogen and oxygen atoms in total. The van der Waals surface area contributed by atoms with Gasteiger partial charge in [0.15, 0.2) is 5.13 Å². The van der Waals surface area contributed by atoms with Crippen molar-refractivity contribution in [3.8, 4) is 5.75 Å². The fraction of sp³-hybridized carbons (Fsp3) is 0.273. The van der Waals surface area contributed by atoms with E-state index in [1.165, 1.54) is 22.5 Å². The third-order valence-corrected chi connectivity index (χ3v) is 5.56. The lowest BCUT2D eigenvalue weighted by Gasteiger charge is -2.38. The average molecular weight is 394 g/mol. The number of anilines is 2. The monoisotopic (exact) mass is 393 g/mol. The summed E-state index contributed by atoms with van der Waals surface area (Å²) < 4.78 is 6.01. The molecule has 0 bridgehead atoms. The molecular formula is C22H23N3O2S. The number of amides is 1. The first kappa shape index (κ1) is 18.5. The van der Waals surface area contributed by atoms with Gasteiger partial charge in [0.05, 0.1) is 18.2 Å². The van der Waals surface area contributed by atoms with Crippen molar-refractivity contribution >= 4 is 28.1 Å². The van der Waals surface area contributed by atoms with Crippen LogP contribution in [0.4, 0.5) is 10.8 Å². The predicted octanol–water partition coefficient (Wildman–Crippen LogP) is 4.56. The first-order chi connectivity index (χ1) is 13.6. The Morgan fingerprint density at radius 1 is 1.21 bits per heavy atom. The zero-order chi connectivity index (χ0) is 19.5. The normalized spacial score (nSPS) is 15.6. The number of aryl methyl sites for hydroxylation is 2. The SMILES string of the molecule is Cc1ccc(CN2c3ccc(C)cc3OC[C@H]2CC(=O)Nc2nccs2)cc1. The summed E-state index contributed by atoms with van der Waals surface area (Å²) in [4.78, 5) is 19.0. The van der Waals surface area contributed by atoms with E-state index in [2.05, 4.69) is 71.5 Å². The van der Waals surface area contributed by atoms with Gasteiger partial charge in [0.25, 0.3) is 0 Å². The molecule has 4 rings (SSSR count). The number of aromatic nitrogens is 1. The molecular weight excluding hydrogens is 370 g/mol. The van der Waals surface area contributed by atoms with Gasteiger partial charge in [-0.15, -0.1) is 11.3 Å². The number of rotatable bonds is 5. The van der Waals surface area contributed by atoms with Gasteiger partial charge in [-0.3, -0.25) is 4.79 Å². The molecule has 0 radical (unpaired) electrons. The molecule has 2 heterocycles. The maximum atomic E-state index is 12.6. The zero-order valence-electron chi connectivity index (χ0n) is 16.0. The molecule has 0 fully saturated rings. The number of carbonyl (C=O) groups is 1. The molecule has 0 saturated carbocycles. The number of ether oxygens (including phenoxy) is 1. The van der Waals surface area contributed by atoms with Crippen molar-refractivity contribution in [2.45, 2.75) is 32.9 Å². The number of hydrogen-bond acceptors (Lipinski definition) is 5. The van der Waals surface area contributed by atoms with Crippen LogP contribution in [0, 0.1) is 13.8 Å². The Kier molecular flexibility index (Phi) is 5.30. The molecule has 144 valence electrons. The lowest BCUT2D eigenvalue weighted by molar-refractivity contribution is -0.116. The number of hydrogen-bond donors (Lipinski definition) is 1. The first-order valence-electron chi connectivity index (χ1n) is 9.33. The van der Waals surface area contributed by atoms with E-state index in [9.17, 15) is 4.79 Å². The number of benzene rings is 2. The molecule has 2 aromatic carbocycles. The summed E-state index contributed by atoms with van der Waals surface area (Å²) in [5, 5.41) is 5.36. The quantitative estimate of drug-likeness (QED) is 0.691. The Hall–Kier alpha value is -2.86. The predicted molar refractivity (Wildman–Crippen MR) is 113 cm³/mol. The van der Waals surface area contributed by atoms with Crippen LogP contribution in [0.15, 0.2) is 54.0 Å². The minimum absolute atomic E-state index is 0.0449. The van der Waals surface area contributed by atoms with Crippen molar-refractivity contribution in [1.29, 1.82) is 0 Å². The molecule has 1 N–H and O–H groups in total. The van der Waals surface area contributed by atoms with Crippen LogP contribution in [-0.4, -0.2) is 23.5 Å². The van der Waals surface area contributed by atoms with Gasteiger partial charge in [-0.2, -0.15) is 0 Å². The highest BCUT2D eigenvalue weighted by Gasteiger charge is 2.29. The maximum Gasteiger partial charge on any atom is 0.228 e. The van der Waals surface area contributed by atoms with Crippen LogP contribution in [-0.2, 0) is 11.3 Å². The Morgan fingerprint density at radius 3 is 2.75 bits per heavy atom. The summed E-state index contributed by atoms with van der Waals surface area (Å²) >= 11 is 1.42. The molecule has 3 aromatic rings. The van der Waals surface area contributed by atoms with Crippen LogP contribution in [0.3, 0.4) is 0 Å². The summed E-state index contributed by atoms with van der Waals surface area (Å²) in [6.07, 6.45) is 2.03. The van der Waals surface area contributed by atoms with Crippen molar-refractivity contribution in [2.75, 3.05) is 16.8 Å². The summed E-state index contributed by atoms with van der Waals surface area (Å²) in [5.41, 5.74) is 4.64. The number of carbonyl (C=O) groups excluding carboxylic acids is 1. The highest BCUT2D eigenvalue weighted by atomic mass is 32.1. The zero-order valence-corrected chi connectivity index (χ0v) is 16.8. The van der Waals surface area contributed by atoms with E-state index in [4.69, 9.17) is 4.74 Å². The summed E-state index contributed by atoms with van der Waals surface area (Å²) in [7, 11) is 0. The smallest absolute Gasteiger partial charge is 0.228 e. The number of thiazole rings is 1. The second kappa shape index (κ2) is 8.02. The van der Waals surface area contributed by atoms with Crippen molar-refractivity contribution < 1.29 is 9.53 Å². The van der Waals surface area contributed by atoms with Gasteiger partial charge >= 0.3 is 0 Å². The molecule has 1 aromatic heterocycles. The van der Waals surface area contributed by atoms with Gasteiger partial charge < -0.3 is 15.0 Å². The summed E-state index contributed by atoms with van der Waals surface area (Å²) in [6.45, 7) is 5.35. The van der Waals surface area contributed by atoms with E-state index in [0.29, 0.717) is 18.2 Å². The van der Waals surface area contributed by atoms with Gasteiger partial charge in [-0.05, 0) is 37.1 Å². The highest BCUT2D eigenvalue weighted by Crippen LogP contribution is 2.36. The fourth-order valence-electron chi connectivity index (χ4n) is 3.39. The lowest BCUT2D eigenvalue weighted by atomic mass is 10.0. The molecule has 0 unspecified atom stereocenters. The Morgan fingerprint density at radius 2 is 2.00 bits per heavy atom. The molecule has 1 aliphatic heterocycles. The average Bonchev–Trinajstić information content (AvgIpc) is 3.18. The van der Waals surface area contributed by atoms with Crippen LogP contribution in [0.5, 0.6) is 5.75 Å². The van der Waals surface area contributed by atoms with E-state index < -0.39 is 0 Å². The minimum atomic E-state index is -0.0481. The van der Waals surface area contributed by atoms with Crippen molar-refractivity contribution in [3.63, 3.8) is 0 Å². The topological polar surface area (TPSA) is 54.5 Å². The molecule has 6 heteroatoms. The van der Waals surface area contributed by atoms with Gasteiger partial charge in [-0.25, -0.2) is 4.98 Å². The number of nitrogens with one attached hydrogen (secondary N) is 1. The van der Waals surface area contributed by atoms with Gasteiger partial charge in [0, 0.05) is 18.1 Å². The van der Waals surface area contributed by atoms with Crippen molar-refractivity contribution in [2.24, 2.45) is 0 Å². The minimum Gasteiger partial charge on any atom is -0.489 e. The van der Waals surface area contributed by atoms with Crippen molar-refractivity contribution in [1.82, 2.24) is 4.98 Å². The fourth-order valence-corrected chi connectivity index (χ4v) is 3.94. The number of fused-ring (bicyclic) bond motifs is 1. The van der Waals surface area contributed by atoms with E-state index in [-0.39, 0.29) is 11.9 Å². The van der Waals surface area contributed by atoms with Crippen LogP contribution < -0.4 is 15.0 Å². The van der Waals surface area contributed by atoms with Crippen LogP contribution in [0.25, 0.3) is 0 Å². The third kappa shape index (κ3) is 4.17. The summed E-state index contributed by atoms with van der Waals surface area (Å²) in [6, 6.07) is 14.7. The molecule has 0 spiro atoms. The van der Waals surface area contributed by atoms with E-state index in [1.54, 1.807) is 6.20 Å². The van der Waals surface area contributed by atoms with Gasteiger partial charge in [0.1, 0.15) is 12.4 Å². The maximum absolute atomic E-state index is 12.6. The molecule has 0 aliphatic carbocycles. The second-order valence-corrected chi connectivity index (χ2v) is 8.03. The van der Waals surface area contributed by atoms with E-state index in [1.807, 2.05) is 5.38 Å². The standard InChI is InChI=1S/C22H23N3O2S/c1-15-3-6-17(7-4-15)13-25-18(12-21(26)24-22-23-9-10-28-22)14-27-20-11-16(2)5-8-19(20)25/h3-11,18H,12-14H2,1-2H3,(H,23,24,26)/t18-/m1/s1. The van der Waals surface area contributed by atoms with Crippen LogP contribution >= 0.6 is 11.3 Å². The second-order valence-electron chi connectivity index (χ2n) is 7.14. The van der Waals surface area contributed by atoms with Crippen LogP contribution in [0.1, 0.15) is 23.1 Å². The Balaban J connectivity index is 1.57. The van der Waals surface area contributed by atoms with Crippen LogP contribution in [0.2, 0.25) is 0 Å². The molecule has 1 atom stereocenters. The molecule has 1 amide bonds. The van der Waals surface area contributed by atoms with Gasteiger partial charge in [-0.1, -0.05) is 35.9 Å². The van der Waals surface area contributed by atoms with E-state index in [0.717, 1.165) is 23.5 Å². The lowest BCUT2D eigenvalue weighted by Crippen LogP contribution is -2.44. The Labute approximate surface area is 169 Å². The molecule has 0 saturated heterocycles. The van der Waals surface area contributed by atoms with Crippen molar-refractivity contribution in [3.05, 3.63) is 70.7 Å². The highest BCUT2D eigenvalue weighted by molar-refractivity contribution is 7.13. The van der Waals surface area contributed by atoms with E-state index >= 15 is 0 Å². The van der Waals surface area contributed by atoms with Gasteiger partial charge in [0.2, 0.25) is 5.91 Å². The summed E-state index contributed by atoms with van der Waals surface area (Å²) in [5.74, 6) is 0.830. The molecule has 1 aliphatic rings. The molecule has 28 heavy (non-hydrogen) atoms. The largest absolute Gasteiger partial charge is 0.489 e. The first-order valence-corrected chi connectivity index (χ1v) is 10.2. The Bertz CT molecular complexity index is 954.